The Labute approximate surface area is 183 Å². The number of ketones is 1. The zero-order chi connectivity index (χ0) is 21.7. The van der Waals surface area contributed by atoms with E-state index in [1.165, 1.54) is 0 Å². The van der Waals surface area contributed by atoms with Crippen LogP contribution < -0.4 is 5.32 Å². The van der Waals surface area contributed by atoms with E-state index < -0.39 is 0 Å². The van der Waals surface area contributed by atoms with Crippen LogP contribution in [0.1, 0.15) is 47.0 Å². The predicted molar refractivity (Wildman–Crippen MR) is 120 cm³/mol. The number of carbonyl (C=O) groups is 2. The number of nitrogens with zero attached hydrogens (tertiary/aromatic N) is 1. The summed E-state index contributed by atoms with van der Waals surface area (Å²) in [4.78, 5) is 27.3. The molecule has 1 aliphatic rings. The maximum atomic E-state index is 12.6. The van der Waals surface area contributed by atoms with Crippen LogP contribution in [0, 0.1) is 0 Å². The smallest absolute Gasteiger partial charge is 0.251 e. The van der Waals surface area contributed by atoms with Gasteiger partial charge in [0.1, 0.15) is 11.5 Å². The molecule has 0 spiro atoms. The van der Waals surface area contributed by atoms with Crippen LogP contribution in [0.15, 0.2) is 77.4 Å². The van der Waals surface area contributed by atoms with Gasteiger partial charge in [-0.15, -0.1) is 0 Å². The summed E-state index contributed by atoms with van der Waals surface area (Å²) in [5.74, 6) is 0.866. The van der Waals surface area contributed by atoms with Crippen molar-refractivity contribution in [2.75, 3.05) is 13.1 Å². The van der Waals surface area contributed by atoms with Crippen LogP contribution in [-0.2, 0) is 23.3 Å². The van der Waals surface area contributed by atoms with Crippen LogP contribution in [0.2, 0.25) is 0 Å². The van der Waals surface area contributed by atoms with Crippen molar-refractivity contribution in [2.24, 2.45) is 0 Å². The Hall–Kier alpha value is -3.18. The van der Waals surface area contributed by atoms with Crippen LogP contribution in [0.25, 0.3) is 0 Å². The SMILES string of the molecule is CC(=O)C1(c2ccccc2)CCN(Cc2ccc(C(=O)NCc3ccco3)cc2)CC1. The van der Waals surface area contributed by atoms with E-state index in [1.807, 2.05) is 48.5 Å². The summed E-state index contributed by atoms with van der Waals surface area (Å²) in [6, 6.07) is 21.5. The van der Waals surface area contributed by atoms with Crippen molar-refractivity contribution in [2.45, 2.75) is 38.3 Å². The van der Waals surface area contributed by atoms with Crippen molar-refractivity contribution in [3.05, 3.63) is 95.4 Å². The number of amides is 1. The first-order valence-electron chi connectivity index (χ1n) is 10.8. The number of hydrogen-bond acceptors (Lipinski definition) is 4. The Bertz CT molecular complexity index is 1000. The molecule has 0 bridgehead atoms. The van der Waals surface area contributed by atoms with E-state index in [4.69, 9.17) is 4.42 Å². The number of likely N-dealkylation sites (tertiary alicyclic amines) is 1. The molecule has 4 rings (SSSR count). The molecule has 160 valence electrons. The number of nitrogens with one attached hydrogen (secondary N) is 1. The lowest BCUT2D eigenvalue weighted by atomic mass is 9.70. The van der Waals surface area contributed by atoms with Gasteiger partial charge in [0, 0.05) is 12.1 Å². The normalized spacial score (nSPS) is 16.0. The van der Waals surface area contributed by atoms with E-state index in [2.05, 4.69) is 22.3 Å². The number of carbonyl (C=O) groups excluding carboxylic acids is 2. The van der Waals surface area contributed by atoms with Crippen molar-refractivity contribution >= 4 is 11.7 Å². The van der Waals surface area contributed by atoms with Crippen LogP contribution in [-0.4, -0.2) is 29.7 Å². The van der Waals surface area contributed by atoms with E-state index in [1.54, 1.807) is 19.3 Å². The van der Waals surface area contributed by atoms with Gasteiger partial charge in [-0.05, 0) is 68.2 Å². The summed E-state index contributed by atoms with van der Waals surface area (Å²) in [5, 5.41) is 2.86. The quantitative estimate of drug-likeness (QED) is 0.623. The third-order valence-electron chi connectivity index (χ3n) is 6.34. The van der Waals surface area contributed by atoms with Gasteiger partial charge in [0.05, 0.1) is 18.2 Å². The monoisotopic (exact) mass is 416 g/mol. The minimum atomic E-state index is -0.367. The van der Waals surface area contributed by atoms with Gasteiger partial charge >= 0.3 is 0 Å². The number of Topliss-reactive ketones (excluding diaryl/α,β-unsaturated/α-hetero) is 1. The van der Waals surface area contributed by atoms with Gasteiger partial charge in [-0.3, -0.25) is 14.5 Å². The van der Waals surface area contributed by atoms with Crippen LogP contribution >= 0.6 is 0 Å². The van der Waals surface area contributed by atoms with Gasteiger partial charge < -0.3 is 9.73 Å². The van der Waals surface area contributed by atoms with Gasteiger partial charge in [-0.1, -0.05) is 42.5 Å². The summed E-state index contributed by atoms with van der Waals surface area (Å²) in [6.07, 6.45) is 3.26. The lowest BCUT2D eigenvalue weighted by Gasteiger charge is -2.40. The molecule has 1 saturated heterocycles. The fourth-order valence-corrected chi connectivity index (χ4v) is 4.40. The number of furan rings is 1. The summed E-state index contributed by atoms with van der Waals surface area (Å²) in [5.41, 5.74) is 2.56. The summed E-state index contributed by atoms with van der Waals surface area (Å²) < 4.78 is 5.24. The average Bonchev–Trinajstić information content (AvgIpc) is 3.33. The molecule has 2 aromatic carbocycles. The average molecular weight is 417 g/mol. The number of benzene rings is 2. The Balaban J connectivity index is 1.33. The molecule has 1 fully saturated rings. The molecule has 3 aromatic rings. The van der Waals surface area contributed by atoms with E-state index in [0.717, 1.165) is 49.4 Å². The first-order chi connectivity index (χ1) is 15.1. The van der Waals surface area contributed by atoms with Crippen LogP contribution in [0.3, 0.4) is 0 Å². The summed E-state index contributed by atoms with van der Waals surface area (Å²) >= 11 is 0. The van der Waals surface area contributed by atoms with Gasteiger partial charge in [0.2, 0.25) is 0 Å². The minimum absolute atomic E-state index is 0.116. The zero-order valence-electron chi connectivity index (χ0n) is 17.8. The second kappa shape index (κ2) is 9.31. The molecule has 31 heavy (non-hydrogen) atoms. The molecule has 1 aliphatic heterocycles. The van der Waals surface area contributed by atoms with Crippen molar-refractivity contribution < 1.29 is 14.0 Å². The summed E-state index contributed by atoms with van der Waals surface area (Å²) in [6.45, 7) is 4.66. The third kappa shape index (κ3) is 4.78. The first-order valence-corrected chi connectivity index (χ1v) is 10.8. The maximum Gasteiger partial charge on any atom is 0.251 e. The fourth-order valence-electron chi connectivity index (χ4n) is 4.40. The lowest BCUT2D eigenvalue weighted by molar-refractivity contribution is -0.124. The second-order valence-electron chi connectivity index (χ2n) is 8.24. The molecule has 0 aliphatic carbocycles. The van der Waals surface area contributed by atoms with E-state index >= 15 is 0 Å². The Kier molecular flexibility index (Phi) is 6.33. The molecule has 0 unspecified atom stereocenters. The molecule has 0 saturated carbocycles. The number of hydrogen-bond donors (Lipinski definition) is 1. The predicted octanol–water partition coefficient (Wildman–Crippen LogP) is 4.33. The van der Waals surface area contributed by atoms with E-state index in [-0.39, 0.29) is 17.1 Å². The number of rotatable bonds is 7. The van der Waals surface area contributed by atoms with Crippen molar-refractivity contribution in [3.63, 3.8) is 0 Å². The molecular weight excluding hydrogens is 388 g/mol. The highest BCUT2D eigenvalue weighted by molar-refractivity contribution is 5.94. The van der Waals surface area contributed by atoms with E-state index in [9.17, 15) is 9.59 Å². The van der Waals surface area contributed by atoms with E-state index in [0.29, 0.717) is 12.1 Å². The molecule has 5 heteroatoms. The van der Waals surface area contributed by atoms with Gasteiger partial charge in [0.25, 0.3) is 5.91 Å². The van der Waals surface area contributed by atoms with Crippen molar-refractivity contribution in [1.82, 2.24) is 10.2 Å². The molecule has 2 heterocycles. The minimum Gasteiger partial charge on any atom is -0.467 e. The topological polar surface area (TPSA) is 62.6 Å². The molecule has 1 aromatic heterocycles. The van der Waals surface area contributed by atoms with Gasteiger partial charge in [-0.25, -0.2) is 0 Å². The molecular formula is C26H28N2O3. The maximum absolute atomic E-state index is 12.6. The highest BCUT2D eigenvalue weighted by Crippen LogP contribution is 2.36. The molecule has 1 amide bonds. The lowest BCUT2D eigenvalue weighted by Crippen LogP contribution is -2.46. The molecule has 5 nitrogen and oxygen atoms in total. The summed E-state index contributed by atoms with van der Waals surface area (Å²) in [7, 11) is 0. The second-order valence-corrected chi connectivity index (χ2v) is 8.24. The van der Waals surface area contributed by atoms with Crippen molar-refractivity contribution in [1.29, 1.82) is 0 Å². The molecule has 0 radical (unpaired) electrons. The third-order valence-corrected chi connectivity index (χ3v) is 6.34. The van der Waals surface area contributed by atoms with Gasteiger partial charge in [0.15, 0.2) is 0 Å². The Morgan fingerprint density at radius 1 is 0.968 bits per heavy atom. The first kappa shape index (κ1) is 21.1. The van der Waals surface area contributed by atoms with Crippen LogP contribution in [0.5, 0.6) is 0 Å². The van der Waals surface area contributed by atoms with Crippen LogP contribution in [0.4, 0.5) is 0 Å². The standard InChI is InChI=1S/C26H28N2O3/c1-20(29)26(23-6-3-2-4-7-23)13-15-28(16-14-26)19-21-9-11-22(12-10-21)25(30)27-18-24-8-5-17-31-24/h2-12,17H,13-16,18-19H2,1H3,(H,27,30). The fraction of sp³-hybridized carbons (Fsp3) is 0.308. The van der Waals surface area contributed by atoms with Gasteiger partial charge in [-0.2, -0.15) is 0 Å². The zero-order valence-corrected chi connectivity index (χ0v) is 17.8. The van der Waals surface area contributed by atoms with Crippen molar-refractivity contribution in [3.8, 4) is 0 Å². The molecule has 1 N–H and O–H groups in total. The number of piperidine rings is 1. The largest absolute Gasteiger partial charge is 0.467 e. The Morgan fingerprint density at radius 2 is 1.68 bits per heavy atom. The highest BCUT2D eigenvalue weighted by atomic mass is 16.3. The Morgan fingerprint density at radius 3 is 2.29 bits per heavy atom. The molecule has 0 atom stereocenters. The highest BCUT2D eigenvalue weighted by Gasteiger charge is 2.40.